The van der Waals surface area contributed by atoms with Crippen molar-refractivity contribution in [2.24, 2.45) is 5.92 Å². The Morgan fingerprint density at radius 2 is 2.45 bits per heavy atom. The molecule has 0 spiro atoms. The molecule has 0 heterocycles. The van der Waals surface area contributed by atoms with Gasteiger partial charge in [0.15, 0.2) is 0 Å². The summed E-state index contributed by atoms with van der Waals surface area (Å²) < 4.78 is 4.67. The predicted octanol–water partition coefficient (Wildman–Crippen LogP) is 1.91. The minimum absolute atomic E-state index is 0.0579. The minimum atomic E-state index is -0.0579. The topological polar surface area (TPSA) is 26.3 Å². The first-order valence-corrected chi connectivity index (χ1v) is 3.97. The predicted molar refractivity (Wildman–Crippen MR) is 43.1 cm³/mol. The van der Waals surface area contributed by atoms with Gasteiger partial charge in [0, 0.05) is 0 Å². The Morgan fingerprint density at radius 1 is 1.73 bits per heavy atom. The fraction of sp³-hybridized carbons (Fsp3) is 0.667. The summed E-state index contributed by atoms with van der Waals surface area (Å²) in [5.41, 5.74) is 1.31. The Kier molecular flexibility index (Phi) is 2.69. The number of esters is 1. The minimum Gasteiger partial charge on any atom is -0.469 e. The number of methoxy groups -OCH3 is 1. The third-order valence-electron chi connectivity index (χ3n) is 2.11. The molecule has 0 aromatic heterocycles. The Balaban J connectivity index is 2.50. The smallest absolute Gasteiger partial charge is 0.308 e. The third kappa shape index (κ3) is 2.07. The highest BCUT2D eigenvalue weighted by Gasteiger charge is 2.21. The maximum Gasteiger partial charge on any atom is 0.308 e. The molecule has 0 bridgehead atoms. The monoisotopic (exact) mass is 154 g/mol. The lowest BCUT2D eigenvalue weighted by atomic mass is 9.90. The van der Waals surface area contributed by atoms with Crippen LogP contribution in [0.25, 0.3) is 0 Å². The number of carbonyl (C=O) groups is 1. The van der Waals surface area contributed by atoms with Gasteiger partial charge in [0.2, 0.25) is 0 Å². The van der Waals surface area contributed by atoms with Crippen molar-refractivity contribution >= 4 is 5.97 Å². The molecular formula is C9H14O2. The molecule has 62 valence electrons. The molecule has 2 nitrogen and oxygen atoms in total. The van der Waals surface area contributed by atoms with E-state index in [0.717, 1.165) is 19.3 Å². The molecule has 0 fully saturated rings. The van der Waals surface area contributed by atoms with Gasteiger partial charge in [-0.25, -0.2) is 0 Å². The van der Waals surface area contributed by atoms with E-state index in [0.29, 0.717) is 0 Å². The average Bonchev–Trinajstić information content (AvgIpc) is 2.03. The van der Waals surface area contributed by atoms with Crippen molar-refractivity contribution in [2.75, 3.05) is 7.11 Å². The van der Waals surface area contributed by atoms with E-state index in [1.807, 2.05) is 0 Å². The fourth-order valence-corrected chi connectivity index (χ4v) is 1.47. The molecule has 0 unspecified atom stereocenters. The zero-order valence-electron chi connectivity index (χ0n) is 7.09. The van der Waals surface area contributed by atoms with Gasteiger partial charge in [-0.2, -0.15) is 0 Å². The summed E-state index contributed by atoms with van der Waals surface area (Å²) in [5.74, 6) is 0.0578. The van der Waals surface area contributed by atoms with Crippen LogP contribution in [0.15, 0.2) is 11.6 Å². The number of hydrogen-bond acceptors (Lipinski definition) is 2. The molecule has 0 aromatic rings. The highest BCUT2D eigenvalue weighted by atomic mass is 16.5. The molecule has 11 heavy (non-hydrogen) atoms. The van der Waals surface area contributed by atoms with Gasteiger partial charge in [0.1, 0.15) is 0 Å². The van der Waals surface area contributed by atoms with E-state index in [2.05, 4.69) is 17.7 Å². The average molecular weight is 154 g/mol. The Hall–Kier alpha value is -0.790. The Bertz CT molecular complexity index is 182. The van der Waals surface area contributed by atoms with E-state index in [4.69, 9.17) is 0 Å². The van der Waals surface area contributed by atoms with Crippen molar-refractivity contribution in [2.45, 2.75) is 26.2 Å². The van der Waals surface area contributed by atoms with Crippen molar-refractivity contribution in [3.63, 3.8) is 0 Å². The van der Waals surface area contributed by atoms with Gasteiger partial charge >= 0.3 is 5.97 Å². The van der Waals surface area contributed by atoms with Crippen LogP contribution in [0, 0.1) is 5.92 Å². The first kappa shape index (κ1) is 8.31. The SMILES string of the molecule is COC(=O)[C@H]1CCC=C(C)C1. The summed E-state index contributed by atoms with van der Waals surface area (Å²) >= 11 is 0. The summed E-state index contributed by atoms with van der Waals surface area (Å²) in [4.78, 5) is 11.1. The molecule has 0 amide bonds. The molecule has 0 saturated heterocycles. The molecule has 1 aliphatic rings. The molecule has 1 atom stereocenters. The zero-order valence-corrected chi connectivity index (χ0v) is 7.09. The summed E-state index contributed by atoms with van der Waals surface area (Å²) in [6.07, 6.45) is 5.04. The van der Waals surface area contributed by atoms with Crippen LogP contribution in [0.4, 0.5) is 0 Å². The lowest BCUT2D eigenvalue weighted by Crippen LogP contribution is -2.18. The number of ether oxygens (including phenoxy) is 1. The van der Waals surface area contributed by atoms with Crippen LogP contribution in [0.1, 0.15) is 26.2 Å². The summed E-state index contributed by atoms with van der Waals surface area (Å²) in [5, 5.41) is 0. The van der Waals surface area contributed by atoms with Crippen LogP contribution in [0.3, 0.4) is 0 Å². The van der Waals surface area contributed by atoms with Crippen molar-refractivity contribution in [1.82, 2.24) is 0 Å². The zero-order chi connectivity index (χ0) is 8.27. The highest BCUT2D eigenvalue weighted by molar-refractivity contribution is 5.72. The normalized spacial score (nSPS) is 24.2. The quantitative estimate of drug-likeness (QED) is 0.426. The van der Waals surface area contributed by atoms with Gasteiger partial charge in [0.25, 0.3) is 0 Å². The largest absolute Gasteiger partial charge is 0.469 e. The molecule has 0 radical (unpaired) electrons. The van der Waals surface area contributed by atoms with Crippen molar-refractivity contribution in [1.29, 1.82) is 0 Å². The highest BCUT2D eigenvalue weighted by Crippen LogP contribution is 2.24. The first-order valence-electron chi connectivity index (χ1n) is 3.97. The maximum absolute atomic E-state index is 11.1. The Morgan fingerprint density at radius 3 is 3.00 bits per heavy atom. The standard InChI is InChI=1S/C9H14O2/c1-7-4-3-5-8(6-7)9(10)11-2/h4,8H,3,5-6H2,1-2H3/t8-/m0/s1. The number of carbonyl (C=O) groups excluding carboxylic acids is 1. The second-order valence-electron chi connectivity index (χ2n) is 3.05. The van der Waals surface area contributed by atoms with Crippen LogP contribution in [-0.2, 0) is 9.53 Å². The van der Waals surface area contributed by atoms with Crippen molar-refractivity contribution < 1.29 is 9.53 Å². The molecule has 0 aliphatic heterocycles. The molecule has 0 N–H and O–H groups in total. The lowest BCUT2D eigenvalue weighted by molar-refractivity contribution is -0.145. The molecular weight excluding hydrogens is 140 g/mol. The van der Waals surface area contributed by atoms with E-state index in [1.165, 1.54) is 12.7 Å². The summed E-state index contributed by atoms with van der Waals surface area (Å²) in [6, 6.07) is 0. The summed E-state index contributed by atoms with van der Waals surface area (Å²) in [6.45, 7) is 2.06. The van der Waals surface area contributed by atoms with Gasteiger partial charge < -0.3 is 4.74 Å². The van der Waals surface area contributed by atoms with Gasteiger partial charge in [-0.1, -0.05) is 11.6 Å². The van der Waals surface area contributed by atoms with Crippen LogP contribution in [0.5, 0.6) is 0 Å². The van der Waals surface area contributed by atoms with Crippen molar-refractivity contribution in [3.05, 3.63) is 11.6 Å². The third-order valence-corrected chi connectivity index (χ3v) is 2.11. The second kappa shape index (κ2) is 3.56. The van der Waals surface area contributed by atoms with Gasteiger partial charge in [0.05, 0.1) is 13.0 Å². The van der Waals surface area contributed by atoms with Crippen LogP contribution < -0.4 is 0 Å². The van der Waals surface area contributed by atoms with Crippen LogP contribution in [0.2, 0.25) is 0 Å². The summed E-state index contributed by atoms with van der Waals surface area (Å²) in [7, 11) is 1.45. The first-order chi connectivity index (χ1) is 5.24. The van der Waals surface area contributed by atoms with E-state index in [-0.39, 0.29) is 11.9 Å². The molecule has 0 saturated carbocycles. The fourth-order valence-electron chi connectivity index (χ4n) is 1.47. The van der Waals surface area contributed by atoms with Gasteiger partial charge in [-0.3, -0.25) is 4.79 Å². The van der Waals surface area contributed by atoms with Crippen molar-refractivity contribution in [3.8, 4) is 0 Å². The van der Waals surface area contributed by atoms with Gasteiger partial charge in [-0.05, 0) is 26.2 Å². The van der Waals surface area contributed by atoms with Crippen LogP contribution >= 0.6 is 0 Å². The molecule has 1 aliphatic carbocycles. The van der Waals surface area contributed by atoms with Gasteiger partial charge in [-0.15, -0.1) is 0 Å². The van der Waals surface area contributed by atoms with Crippen LogP contribution in [-0.4, -0.2) is 13.1 Å². The molecule has 1 rings (SSSR count). The molecule has 2 heteroatoms. The lowest BCUT2D eigenvalue weighted by Gasteiger charge is -2.17. The Labute approximate surface area is 67.2 Å². The number of hydrogen-bond donors (Lipinski definition) is 0. The van der Waals surface area contributed by atoms with E-state index in [1.54, 1.807) is 0 Å². The maximum atomic E-state index is 11.1. The number of rotatable bonds is 1. The second-order valence-corrected chi connectivity index (χ2v) is 3.05. The van der Waals surface area contributed by atoms with E-state index in [9.17, 15) is 4.79 Å². The van der Waals surface area contributed by atoms with E-state index < -0.39 is 0 Å². The number of allylic oxidation sites excluding steroid dienone is 2. The molecule has 0 aromatic carbocycles. The van der Waals surface area contributed by atoms with E-state index >= 15 is 0 Å².